The molecule has 0 bridgehead atoms. The largest absolute Gasteiger partial charge is 0.311 e. The lowest BCUT2D eigenvalue weighted by molar-refractivity contribution is 0.554. The Labute approximate surface area is 382 Å². The number of anilines is 6. The molecule has 12 rings (SSSR count). The summed E-state index contributed by atoms with van der Waals surface area (Å²) >= 11 is 0. The van der Waals surface area contributed by atoms with E-state index in [0.29, 0.717) is 0 Å². The van der Waals surface area contributed by atoms with Crippen molar-refractivity contribution >= 4 is 44.9 Å². The fourth-order valence-electron chi connectivity index (χ4n) is 10.9. The first-order chi connectivity index (χ1) is 32.2. The lowest BCUT2D eigenvalue weighted by Gasteiger charge is -2.30. The molecule has 10 aromatic carbocycles. The monoisotopic (exact) mass is 832 g/mol. The maximum Gasteiger partial charge on any atom is 0.0465 e. The second kappa shape index (κ2) is 16.3. The van der Waals surface area contributed by atoms with Gasteiger partial charge in [0.25, 0.3) is 0 Å². The SMILES string of the molecule is c1ccc(-c2ccc(N(c3ccc(-c4ccccc4)cc3)c3ccc(-c4ccc(N(c5ccccc5)c5ccc6c(c5)C5(CCCC5)c5c-6ccc6ccccc56)cc4)cc3)cc2)cc1. The van der Waals surface area contributed by atoms with Gasteiger partial charge >= 0.3 is 0 Å². The predicted octanol–water partition coefficient (Wildman–Crippen LogP) is 17.6. The summed E-state index contributed by atoms with van der Waals surface area (Å²) in [5.41, 5.74) is 19.9. The third kappa shape index (κ3) is 6.90. The van der Waals surface area contributed by atoms with Gasteiger partial charge in [0.1, 0.15) is 0 Å². The van der Waals surface area contributed by atoms with Crippen LogP contribution in [-0.4, -0.2) is 0 Å². The molecule has 310 valence electrons. The van der Waals surface area contributed by atoms with Crippen molar-refractivity contribution in [1.82, 2.24) is 0 Å². The number of rotatable bonds is 9. The molecule has 0 radical (unpaired) electrons. The van der Waals surface area contributed by atoms with Crippen molar-refractivity contribution in [1.29, 1.82) is 0 Å². The second-order valence-electron chi connectivity index (χ2n) is 17.7. The molecule has 0 atom stereocenters. The van der Waals surface area contributed by atoms with E-state index in [2.05, 4.69) is 252 Å². The summed E-state index contributed by atoms with van der Waals surface area (Å²) < 4.78 is 0. The highest BCUT2D eigenvalue weighted by Gasteiger charge is 2.46. The third-order valence-electron chi connectivity index (χ3n) is 14.0. The quantitative estimate of drug-likeness (QED) is 0.143. The highest BCUT2D eigenvalue weighted by molar-refractivity contribution is 5.98. The van der Waals surface area contributed by atoms with Gasteiger partial charge in [0.15, 0.2) is 0 Å². The van der Waals surface area contributed by atoms with E-state index in [4.69, 9.17) is 0 Å². The van der Waals surface area contributed by atoms with Crippen LogP contribution in [0.2, 0.25) is 0 Å². The molecule has 1 fully saturated rings. The molecule has 0 aliphatic heterocycles. The molecular formula is C63H48N2. The lowest BCUT2D eigenvalue weighted by atomic mass is 9.75. The van der Waals surface area contributed by atoms with Gasteiger partial charge in [-0.1, -0.05) is 183 Å². The maximum absolute atomic E-state index is 2.52. The number of para-hydroxylation sites is 1. The molecule has 1 saturated carbocycles. The minimum atomic E-state index is 0.0483. The van der Waals surface area contributed by atoms with Gasteiger partial charge < -0.3 is 9.80 Å². The van der Waals surface area contributed by atoms with E-state index in [1.54, 1.807) is 5.56 Å². The molecule has 0 aromatic heterocycles. The van der Waals surface area contributed by atoms with Crippen LogP contribution in [0.3, 0.4) is 0 Å². The van der Waals surface area contributed by atoms with Crippen LogP contribution < -0.4 is 9.80 Å². The van der Waals surface area contributed by atoms with Gasteiger partial charge in [-0.15, -0.1) is 0 Å². The molecular weight excluding hydrogens is 785 g/mol. The first kappa shape index (κ1) is 38.7. The summed E-state index contributed by atoms with van der Waals surface area (Å²) in [4.78, 5) is 4.78. The average Bonchev–Trinajstić information content (AvgIpc) is 3.99. The van der Waals surface area contributed by atoms with Gasteiger partial charge in [-0.25, -0.2) is 0 Å². The second-order valence-corrected chi connectivity index (χ2v) is 17.7. The topological polar surface area (TPSA) is 6.48 Å². The van der Waals surface area contributed by atoms with Gasteiger partial charge in [-0.2, -0.15) is 0 Å². The van der Waals surface area contributed by atoms with Gasteiger partial charge in [0.2, 0.25) is 0 Å². The molecule has 10 aromatic rings. The average molecular weight is 833 g/mol. The third-order valence-corrected chi connectivity index (χ3v) is 14.0. The molecule has 2 aliphatic rings. The number of hydrogen-bond acceptors (Lipinski definition) is 2. The standard InChI is InChI=1S/C63H48N2/c1-4-14-45(15-5-1)47-22-31-53(32-23-47)64(54-33-24-48(25-34-54)46-16-6-2-7-17-46)55-35-26-49(27-36-55)50-28-37-56(38-29-50)65(52-19-8-3-9-20-52)57-39-41-59-60-40-30-51-18-10-11-21-58(51)62(60)63(61(59)44-57)42-12-13-43-63/h1-11,14-41,44H,12-13,42-43H2. The molecule has 0 saturated heterocycles. The van der Waals surface area contributed by atoms with Gasteiger partial charge in [-0.3, -0.25) is 0 Å². The van der Waals surface area contributed by atoms with E-state index in [1.165, 1.54) is 92.2 Å². The molecule has 65 heavy (non-hydrogen) atoms. The minimum absolute atomic E-state index is 0.0483. The summed E-state index contributed by atoms with van der Waals surface area (Å²) in [6, 6.07) is 88.9. The number of hydrogen-bond donors (Lipinski definition) is 0. The molecule has 2 nitrogen and oxygen atoms in total. The first-order valence-corrected chi connectivity index (χ1v) is 23.0. The van der Waals surface area contributed by atoms with Crippen molar-refractivity contribution in [3.63, 3.8) is 0 Å². The Morgan fingerprint density at radius 2 is 0.662 bits per heavy atom. The number of benzene rings is 10. The highest BCUT2D eigenvalue weighted by Crippen LogP contribution is 2.59. The predicted molar refractivity (Wildman–Crippen MR) is 274 cm³/mol. The summed E-state index contributed by atoms with van der Waals surface area (Å²) in [6.45, 7) is 0. The molecule has 1 spiro atoms. The molecule has 0 N–H and O–H groups in total. The normalized spacial score (nSPS) is 13.4. The van der Waals surface area contributed by atoms with Crippen molar-refractivity contribution in [3.05, 3.63) is 254 Å². The van der Waals surface area contributed by atoms with E-state index in [-0.39, 0.29) is 5.41 Å². The van der Waals surface area contributed by atoms with Crippen molar-refractivity contribution in [2.24, 2.45) is 0 Å². The van der Waals surface area contributed by atoms with E-state index < -0.39 is 0 Å². The molecule has 0 heterocycles. The molecule has 0 amide bonds. The summed E-state index contributed by atoms with van der Waals surface area (Å²) in [7, 11) is 0. The van der Waals surface area contributed by atoms with E-state index in [1.807, 2.05) is 0 Å². The van der Waals surface area contributed by atoms with Crippen molar-refractivity contribution in [2.75, 3.05) is 9.80 Å². The Morgan fingerprint density at radius 3 is 1.15 bits per heavy atom. The first-order valence-electron chi connectivity index (χ1n) is 23.0. The van der Waals surface area contributed by atoms with Gasteiger partial charge in [-0.05, 0) is 152 Å². The minimum Gasteiger partial charge on any atom is -0.311 e. The fourth-order valence-corrected chi connectivity index (χ4v) is 10.9. The zero-order chi connectivity index (χ0) is 43.2. The highest BCUT2D eigenvalue weighted by atomic mass is 15.1. The van der Waals surface area contributed by atoms with Crippen LogP contribution in [0.4, 0.5) is 34.1 Å². The van der Waals surface area contributed by atoms with Crippen LogP contribution in [0, 0.1) is 0 Å². The Bertz CT molecular complexity index is 3180. The summed E-state index contributed by atoms with van der Waals surface area (Å²) in [5.74, 6) is 0. The number of fused-ring (bicyclic) bond motifs is 7. The van der Waals surface area contributed by atoms with E-state index in [0.717, 1.165) is 28.4 Å². The molecule has 2 aliphatic carbocycles. The van der Waals surface area contributed by atoms with E-state index >= 15 is 0 Å². The van der Waals surface area contributed by atoms with Crippen LogP contribution in [0.15, 0.2) is 243 Å². The van der Waals surface area contributed by atoms with Crippen molar-refractivity contribution in [2.45, 2.75) is 31.1 Å². The van der Waals surface area contributed by atoms with Crippen molar-refractivity contribution in [3.8, 4) is 44.5 Å². The lowest BCUT2D eigenvalue weighted by Crippen LogP contribution is -2.21. The van der Waals surface area contributed by atoms with Crippen molar-refractivity contribution < 1.29 is 0 Å². The molecule has 0 unspecified atom stereocenters. The van der Waals surface area contributed by atoms with Gasteiger partial charge in [0.05, 0.1) is 0 Å². The molecule has 2 heteroatoms. The van der Waals surface area contributed by atoms with Crippen LogP contribution in [0.5, 0.6) is 0 Å². The Kier molecular flexibility index (Phi) is 9.72. The van der Waals surface area contributed by atoms with Crippen LogP contribution in [0.25, 0.3) is 55.3 Å². The van der Waals surface area contributed by atoms with Gasteiger partial charge in [0, 0.05) is 39.5 Å². The van der Waals surface area contributed by atoms with Crippen LogP contribution in [0.1, 0.15) is 36.8 Å². The van der Waals surface area contributed by atoms with Crippen LogP contribution >= 0.6 is 0 Å². The summed E-state index contributed by atoms with van der Waals surface area (Å²) in [6.07, 6.45) is 4.92. The Hall–Kier alpha value is -7.94. The Morgan fingerprint density at radius 1 is 0.292 bits per heavy atom. The fraction of sp³-hybridized carbons (Fsp3) is 0.0794. The number of nitrogens with zero attached hydrogens (tertiary/aromatic N) is 2. The maximum atomic E-state index is 2.52. The summed E-state index contributed by atoms with van der Waals surface area (Å²) in [5, 5.41) is 2.75. The zero-order valence-electron chi connectivity index (χ0n) is 36.3. The zero-order valence-corrected chi connectivity index (χ0v) is 36.3. The van der Waals surface area contributed by atoms with Crippen LogP contribution in [-0.2, 0) is 5.41 Å². The Balaban J connectivity index is 0.877. The smallest absolute Gasteiger partial charge is 0.0465 e. The van der Waals surface area contributed by atoms with E-state index in [9.17, 15) is 0 Å².